The van der Waals surface area contributed by atoms with Crippen molar-refractivity contribution < 1.29 is 13.2 Å². The Morgan fingerprint density at radius 2 is 2.11 bits per heavy atom. The third-order valence-electron chi connectivity index (χ3n) is 2.84. The van der Waals surface area contributed by atoms with E-state index in [-0.39, 0.29) is 12.5 Å². The van der Waals surface area contributed by atoms with Gasteiger partial charge in [-0.1, -0.05) is 6.92 Å². The zero-order valence-electron chi connectivity index (χ0n) is 10.7. The molecule has 1 atom stereocenters. The summed E-state index contributed by atoms with van der Waals surface area (Å²) in [6.07, 6.45) is -0.746. The molecule has 0 aromatic carbocycles. The van der Waals surface area contributed by atoms with Crippen molar-refractivity contribution in [2.45, 2.75) is 45.3 Å². The summed E-state index contributed by atoms with van der Waals surface area (Å²) in [4.78, 5) is 4.00. The monoisotopic (exact) mass is 260 g/mol. The van der Waals surface area contributed by atoms with Crippen molar-refractivity contribution in [1.29, 1.82) is 0 Å². The summed E-state index contributed by atoms with van der Waals surface area (Å²) in [7, 11) is 0. The average Bonchev–Trinajstić information content (AvgIpc) is 2.27. The van der Waals surface area contributed by atoms with Gasteiger partial charge in [0.25, 0.3) is 0 Å². The van der Waals surface area contributed by atoms with Gasteiger partial charge in [0.2, 0.25) is 0 Å². The Kier molecular flexibility index (Phi) is 5.59. The Hall–Kier alpha value is -1.10. The predicted octanol–water partition coefficient (Wildman–Crippen LogP) is 3.77. The maximum absolute atomic E-state index is 12.1. The molecule has 0 saturated carbocycles. The molecule has 102 valence electrons. The van der Waals surface area contributed by atoms with Gasteiger partial charge in [0.1, 0.15) is 0 Å². The summed E-state index contributed by atoms with van der Waals surface area (Å²) >= 11 is 0. The van der Waals surface area contributed by atoms with Gasteiger partial charge >= 0.3 is 6.18 Å². The van der Waals surface area contributed by atoms with Crippen LogP contribution in [-0.2, 0) is 0 Å². The fourth-order valence-corrected chi connectivity index (χ4v) is 2.00. The number of nitrogens with zero attached hydrogens (tertiary/aromatic N) is 1. The zero-order chi connectivity index (χ0) is 13.6. The van der Waals surface area contributed by atoms with Crippen LogP contribution in [0.25, 0.3) is 0 Å². The number of rotatable bonds is 6. The first kappa shape index (κ1) is 15.0. The highest BCUT2D eigenvalue weighted by molar-refractivity contribution is 5.25. The summed E-state index contributed by atoms with van der Waals surface area (Å²) in [5.41, 5.74) is 2.05. The SMILES string of the molecule is CCNC(CCCC(F)(F)F)c1ccncc1C. The van der Waals surface area contributed by atoms with Crippen LogP contribution < -0.4 is 5.32 Å². The van der Waals surface area contributed by atoms with E-state index >= 15 is 0 Å². The molecule has 0 aliphatic carbocycles. The van der Waals surface area contributed by atoms with E-state index in [1.54, 1.807) is 12.4 Å². The van der Waals surface area contributed by atoms with Gasteiger partial charge in [-0.3, -0.25) is 4.98 Å². The van der Waals surface area contributed by atoms with Crippen molar-refractivity contribution in [3.63, 3.8) is 0 Å². The number of pyridine rings is 1. The smallest absolute Gasteiger partial charge is 0.310 e. The van der Waals surface area contributed by atoms with Crippen LogP contribution in [0.3, 0.4) is 0 Å². The Morgan fingerprint density at radius 3 is 2.67 bits per heavy atom. The Bertz CT molecular complexity index is 363. The van der Waals surface area contributed by atoms with Crippen molar-refractivity contribution >= 4 is 0 Å². The minimum atomic E-state index is -4.07. The fourth-order valence-electron chi connectivity index (χ4n) is 2.00. The molecule has 0 aliphatic rings. The normalized spacial score (nSPS) is 13.6. The molecule has 0 saturated heterocycles. The van der Waals surface area contributed by atoms with Gasteiger partial charge in [-0.25, -0.2) is 0 Å². The van der Waals surface area contributed by atoms with Gasteiger partial charge in [-0.05, 0) is 43.5 Å². The summed E-state index contributed by atoms with van der Waals surface area (Å²) in [6.45, 7) is 4.61. The number of hydrogen-bond acceptors (Lipinski definition) is 2. The van der Waals surface area contributed by atoms with Crippen LogP contribution in [0.4, 0.5) is 13.2 Å². The highest BCUT2D eigenvalue weighted by atomic mass is 19.4. The molecule has 0 fully saturated rings. The molecule has 0 aliphatic heterocycles. The minimum Gasteiger partial charge on any atom is -0.310 e. The molecule has 1 heterocycles. The van der Waals surface area contributed by atoms with Crippen molar-refractivity contribution in [1.82, 2.24) is 10.3 Å². The van der Waals surface area contributed by atoms with E-state index in [0.29, 0.717) is 6.42 Å². The third-order valence-corrected chi connectivity index (χ3v) is 2.84. The van der Waals surface area contributed by atoms with Gasteiger partial charge in [0.15, 0.2) is 0 Å². The minimum absolute atomic E-state index is 0.0275. The summed E-state index contributed by atoms with van der Waals surface area (Å²) < 4.78 is 36.4. The van der Waals surface area contributed by atoms with E-state index < -0.39 is 12.6 Å². The van der Waals surface area contributed by atoms with Crippen molar-refractivity contribution in [2.75, 3.05) is 6.54 Å². The number of halogens is 3. The molecular weight excluding hydrogens is 241 g/mol. The third kappa shape index (κ3) is 5.04. The molecule has 1 aromatic heterocycles. The molecular formula is C13H19F3N2. The lowest BCUT2D eigenvalue weighted by atomic mass is 9.98. The molecule has 0 amide bonds. The Labute approximate surface area is 106 Å². The van der Waals surface area contributed by atoms with Crippen molar-refractivity contribution in [2.24, 2.45) is 0 Å². The standard InChI is InChI=1S/C13H19F3N2/c1-3-18-12(5-4-7-13(14,15)16)11-6-8-17-9-10(11)2/h6,8-9,12,18H,3-5,7H2,1-2H3. The largest absolute Gasteiger partial charge is 0.389 e. The maximum Gasteiger partial charge on any atom is 0.389 e. The summed E-state index contributed by atoms with van der Waals surface area (Å²) in [5, 5.41) is 3.23. The molecule has 5 heteroatoms. The van der Waals surface area contributed by atoms with Crippen LogP contribution in [-0.4, -0.2) is 17.7 Å². The average molecular weight is 260 g/mol. The van der Waals surface area contributed by atoms with E-state index in [4.69, 9.17) is 0 Å². The highest BCUT2D eigenvalue weighted by Crippen LogP contribution is 2.27. The van der Waals surface area contributed by atoms with Gasteiger partial charge in [-0.15, -0.1) is 0 Å². The number of alkyl halides is 3. The van der Waals surface area contributed by atoms with Crippen LogP contribution in [0.15, 0.2) is 18.5 Å². The summed E-state index contributed by atoms with van der Waals surface area (Å²) in [6, 6.07) is 1.84. The van der Waals surface area contributed by atoms with Gasteiger partial charge in [-0.2, -0.15) is 13.2 Å². The molecule has 1 unspecified atom stereocenters. The van der Waals surface area contributed by atoms with E-state index in [9.17, 15) is 13.2 Å². The number of hydrogen-bond donors (Lipinski definition) is 1. The second kappa shape index (κ2) is 6.73. The molecule has 0 radical (unpaired) electrons. The first-order valence-electron chi connectivity index (χ1n) is 6.14. The Morgan fingerprint density at radius 1 is 1.39 bits per heavy atom. The maximum atomic E-state index is 12.1. The van der Waals surface area contributed by atoms with Crippen molar-refractivity contribution in [3.8, 4) is 0 Å². The molecule has 18 heavy (non-hydrogen) atoms. The molecule has 1 aromatic rings. The van der Waals surface area contributed by atoms with E-state index in [1.807, 2.05) is 19.9 Å². The lowest BCUT2D eigenvalue weighted by Gasteiger charge is -2.20. The second-order valence-electron chi connectivity index (χ2n) is 4.35. The van der Waals surface area contributed by atoms with Gasteiger partial charge in [0.05, 0.1) is 0 Å². The molecule has 0 spiro atoms. The molecule has 2 nitrogen and oxygen atoms in total. The van der Waals surface area contributed by atoms with Gasteiger partial charge < -0.3 is 5.32 Å². The Balaban J connectivity index is 2.63. The van der Waals surface area contributed by atoms with E-state index in [1.165, 1.54) is 0 Å². The van der Waals surface area contributed by atoms with Crippen LogP contribution in [0.1, 0.15) is 43.4 Å². The predicted molar refractivity (Wildman–Crippen MR) is 65.3 cm³/mol. The van der Waals surface area contributed by atoms with Crippen molar-refractivity contribution in [3.05, 3.63) is 29.6 Å². The van der Waals surface area contributed by atoms with Crippen LogP contribution in [0, 0.1) is 6.92 Å². The molecule has 1 rings (SSSR count). The molecule has 1 N–H and O–H groups in total. The summed E-state index contributed by atoms with van der Waals surface area (Å²) in [5.74, 6) is 0. The van der Waals surface area contributed by atoms with Crippen LogP contribution >= 0.6 is 0 Å². The zero-order valence-corrected chi connectivity index (χ0v) is 10.7. The number of nitrogens with one attached hydrogen (secondary N) is 1. The van der Waals surface area contributed by atoms with Crippen LogP contribution in [0.5, 0.6) is 0 Å². The van der Waals surface area contributed by atoms with E-state index in [2.05, 4.69) is 10.3 Å². The van der Waals surface area contributed by atoms with Crippen LogP contribution in [0.2, 0.25) is 0 Å². The number of aromatic nitrogens is 1. The van der Waals surface area contributed by atoms with Gasteiger partial charge in [0, 0.05) is 24.9 Å². The first-order valence-corrected chi connectivity index (χ1v) is 6.14. The molecule has 0 bridgehead atoms. The highest BCUT2D eigenvalue weighted by Gasteiger charge is 2.27. The van der Waals surface area contributed by atoms with E-state index in [0.717, 1.165) is 17.7 Å². The first-order chi connectivity index (χ1) is 8.44. The number of aryl methyl sites for hydroxylation is 1. The topological polar surface area (TPSA) is 24.9 Å². The second-order valence-corrected chi connectivity index (χ2v) is 4.35. The lowest BCUT2D eigenvalue weighted by molar-refractivity contribution is -0.135. The fraction of sp³-hybridized carbons (Fsp3) is 0.615. The lowest BCUT2D eigenvalue weighted by Crippen LogP contribution is -2.22. The quantitative estimate of drug-likeness (QED) is 0.842.